The van der Waals surface area contributed by atoms with E-state index in [1.54, 1.807) is 18.9 Å². The van der Waals surface area contributed by atoms with Gasteiger partial charge in [0.2, 0.25) is 0 Å². The van der Waals surface area contributed by atoms with Gasteiger partial charge in [-0.3, -0.25) is 4.90 Å². The Hall–Kier alpha value is -0.580. The largest absolute Gasteiger partial charge is 0.379 e. The summed E-state index contributed by atoms with van der Waals surface area (Å²) in [5.74, 6) is 0.942. The summed E-state index contributed by atoms with van der Waals surface area (Å²) in [6.07, 6.45) is 2.89. The number of likely N-dealkylation sites (tertiary alicyclic amines) is 1. The maximum atomic E-state index is 12.7. The Bertz CT molecular complexity index is 351. The van der Waals surface area contributed by atoms with E-state index in [2.05, 4.69) is 4.90 Å². The Balaban J connectivity index is 1.50. The minimum Gasteiger partial charge on any atom is -0.379 e. The number of methoxy groups -OCH3 is 1. The molecule has 18 heavy (non-hydrogen) atoms. The summed E-state index contributed by atoms with van der Waals surface area (Å²) < 4.78 is 17.9. The maximum absolute atomic E-state index is 12.7. The topological polar surface area (TPSA) is 12.5 Å². The van der Waals surface area contributed by atoms with Crippen LogP contribution in [0, 0.1) is 5.82 Å². The smallest absolute Gasteiger partial charge is 0.123 e. The minimum atomic E-state index is -0.162. The first-order valence-electron chi connectivity index (χ1n) is 6.41. The van der Waals surface area contributed by atoms with E-state index in [1.807, 2.05) is 12.1 Å². The van der Waals surface area contributed by atoms with Crippen molar-refractivity contribution in [1.82, 2.24) is 4.90 Å². The number of nitrogens with zero attached hydrogens (tertiary/aromatic N) is 1. The van der Waals surface area contributed by atoms with Gasteiger partial charge in [-0.2, -0.15) is 0 Å². The lowest BCUT2D eigenvalue weighted by Crippen LogP contribution is -2.51. The molecule has 1 aromatic carbocycles. The molecule has 4 heteroatoms. The molecule has 0 spiro atoms. The molecule has 0 radical (unpaired) electrons. The zero-order valence-electron chi connectivity index (χ0n) is 10.8. The fourth-order valence-electron chi connectivity index (χ4n) is 2.01. The Morgan fingerprint density at radius 1 is 1.28 bits per heavy atom. The molecular formula is C14H20FNOS. The van der Waals surface area contributed by atoms with Gasteiger partial charge in [0, 0.05) is 25.1 Å². The van der Waals surface area contributed by atoms with Crippen LogP contribution in [0.3, 0.4) is 0 Å². The molecule has 100 valence electrons. The van der Waals surface area contributed by atoms with Crippen LogP contribution in [0.1, 0.15) is 12.8 Å². The van der Waals surface area contributed by atoms with Crippen LogP contribution >= 0.6 is 11.8 Å². The molecule has 0 aromatic heterocycles. The number of hydrogen-bond donors (Lipinski definition) is 0. The maximum Gasteiger partial charge on any atom is 0.123 e. The van der Waals surface area contributed by atoms with Crippen LogP contribution < -0.4 is 0 Å². The Morgan fingerprint density at radius 3 is 2.67 bits per heavy atom. The summed E-state index contributed by atoms with van der Waals surface area (Å²) in [6, 6.07) is 6.73. The third-order valence-corrected chi connectivity index (χ3v) is 4.31. The third-order valence-electron chi connectivity index (χ3n) is 3.21. The van der Waals surface area contributed by atoms with E-state index in [9.17, 15) is 4.39 Å². The van der Waals surface area contributed by atoms with Gasteiger partial charge in [0.15, 0.2) is 0 Å². The molecule has 0 aliphatic carbocycles. The number of thioether (sulfide) groups is 1. The van der Waals surface area contributed by atoms with Crippen LogP contribution in [-0.4, -0.2) is 43.5 Å². The normalized spacial score (nSPS) is 16.8. The molecule has 0 saturated carbocycles. The lowest BCUT2D eigenvalue weighted by atomic mass is 10.1. The van der Waals surface area contributed by atoms with Gasteiger partial charge in [-0.15, -0.1) is 11.8 Å². The first kappa shape index (κ1) is 13.8. The predicted octanol–water partition coefficient (Wildman–Crippen LogP) is 3.03. The highest BCUT2D eigenvalue weighted by Crippen LogP contribution is 2.20. The van der Waals surface area contributed by atoms with Crippen molar-refractivity contribution in [2.45, 2.75) is 23.8 Å². The Labute approximate surface area is 113 Å². The van der Waals surface area contributed by atoms with Gasteiger partial charge in [-0.25, -0.2) is 4.39 Å². The SMILES string of the molecule is COC1CN(CCCCSc2ccc(F)cc2)C1. The van der Waals surface area contributed by atoms with E-state index >= 15 is 0 Å². The fraction of sp³-hybridized carbons (Fsp3) is 0.571. The van der Waals surface area contributed by atoms with Gasteiger partial charge in [0.25, 0.3) is 0 Å². The Kier molecular flexibility index (Phi) is 5.47. The molecule has 0 atom stereocenters. The highest BCUT2D eigenvalue weighted by Gasteiger charge is 2.25. The highest BCUT2D eigenvalue weighted by molar-refractivity contribution is 7.99. The average molecular weight is 269 g/mol. The molecule has 1 heterocycles. The van der Waals surface area contributed by atoms with Crippen LogP contribution in [0.15, 0.2) is 29.2 Å². The van der Waals surface area contributed by atoms with Gasteiger partial charge < -0.3 is 4.74 Å². The van der Waals surface area contributed by atoms with E-state index in [0.717, 1.165) is 23.7 Å². The molecule has 1 saturated heterocycles. The molecule has 2 nitrogen and oxygen atoms in total. The number of halogens is 1. The highest BCUT2D eigenvalue weighted by atomic mass is 32.2. The molecule has 0 unspecified atom stereocenters. The lowest BCUT2D eigenvalue weighted by Gasteiger charge is -2.38. The lowest BCUT2D eigenvalue weighted by molar-refractivity contribution is -0.0294. The van der Waals surface area contributed by atoms with Crippen molar-refractivity contribution in [3.05, 3.63) is 30.1 Å². The molecule has 1 aliphatic heterocycles. The molecule has 1 fully saturated rings. The quantitative estimate of drug-likeness (QED) is 0.557. The molecule has 0 N–H and O–H groups in total. The average Bonchev–Trinajstić information content (AvgIpc) is 2.33. The van der Waals surface area contributed by atoms with E-state index in [0.29, 0.717) is 6.10 Å². The van der Waals surface area contributed by atoms with E-state index < -0.39 is 0 Å². The molecule has 2 rings (SSSR count). The molecule has 0 amide bonds. The standard InChI is InChI=1S/C14H20FNOS/c1-17-13-10-16(11-13)8-2-3-9-18-14-6-4-12(15)5-7-14/h4-7,13H,2-3,8-11H2,1H3. The number of benzene rings is 1. The van der Waals surface area contributed by atoms with Crippen molar-refractivity contribution in [2.24, 2.45) is 0 Å². The Morgan fingerprint density at radius 2 is 2.00 bits per heavy atom. The molecule has 1 aliphatic rings. The van der Waals surface area contributed by atoms with Crippen LogP contribution in [-0.2, 0) is 4.74 Å². The van der Waals surface area contributed by atoms with Crippen molar-refractivity contribution in [3.63, 3.8) is 0 Å². The van der Waals surface area contributed by atoms with Crippen molar-refractivity contribution < 1.29 is 9.13 Å². The van der Waals surface area contributed by atoms with Crippen molar-refractivity contribution >= 4 is 11.8 Å². The molecule has 1 aromatic rings. The zero-order chi connectivity index (χ0) is 12.8. The first-order chi connectivity index (χ1) is 8.78. The van der Waals surface area contributed by atoms with Crippen molar-refractivity contribution in [1.29, 1.82) is 0 Å². The van der Waals surface area contributed by atoms with Crippen molar-refractivity contribution in [3.8, 4) is 0 Å². The van der Waals surface area contributed by atoms with Crippen LogP contribution in [0.25, 0.3) is 0 Å². The number of ether oxygens (including phenoxy) is 1. The number of rotatable bonds is 7. The summed E-state index contributed by atoms with van der Waals surface area (Å²) in [7, 11) is 1.78. The molecular weight excluding hydrogens is 249 g/mol. The van der Waals surface area contributed by atoms with Crippen LogP contribution in [0.2, 0.25) is 0 Å². The monoisotopic (exact) mass is 269 g/mol. The zero-order valence-corrected chi connectivity index (χ0v) is 11.6. The number of unbranched alkanes of at least 4 members (excludes halogenated alkanes) is 1. The first-order valence-corrected chi connectivity index (χ1v) is 7.40. The van der Waals surface area contributed by atoms with E-state index in [-0.39, 0.29) is 5.82 Å². The van der Waals surface area contributed by atoms with Gasteiger partial charge in [-0.1, -0.05) is 0 Å². The minimum absolute atomic E-state index is 0.162. The van der Waals surface area contributed by atoms with E-state index in [4.69, 9.17) is 4.74 Å². The summed E-state index contributed by atoms with van der Waals surface area (Å²) in [5.41, 5.74) is 0. The second-order valence-corrected chi connectivity index (χ2v) is 5.80. The van der Waals surface area contributed by atoms with Gasteiger partial charge >= 0.3 is 0 Å². The third kappa shape index (κ3) is 4.26. The summed E-state index contributed by atoms with van der Waals surface area (Å²) >= 11 is 1.80. The van der Waals surface area contributed by atoms with Gasteiger partial charge in [-0.05, 0) is 49.4 Å². The summed E-state index contributed by atoms with van der Waals surface area (Å²) in [5, 5.41) is 0. The number of hydrogen-bond acceptors (Lipinski definition) is 3. The summed E-state index contributed by atoms with van der Waals surface area (Å²) in [6.45, 7) is 3.34. The fourth-order valence-corrected chi connectivity index (χ4v) is 2.93. The van der Waals surface area contributed by atoms with E-state index in [1.165, 1.54) is 31.5 Å². The van der Waals surface area contributed by atoms with Gasteiger partial charge in [0.05, 0.1) is 6.10 Å². The van der Waals surface area contributed by atoms with Crippen LogP contribution in [0.5, 0.6) is 0 Å². The molecule has 0 bridgehead atoms. The second-order valence-electron chi connectivity index (χ2n) is 4.63. The second kappa shape index (κ2) is 7.12. The van der Waals surface area contributed by atoms with Crippen LogP contribution in [0.4, 0.5) is 4.39 Å². The predicted molar refractivity (Wildman–Crippen MR) is 73.6 cm³/mol. The van der Waals surface area contributed by atoms with Gasteiger partial charge in [0.1, 0.15) is 5.82 Å². The van der Waals surface area contributed by atoms with Crippen molar-refractivity contribution in [2.75, 3.05) is 32.5 Å². The summed E-state index contributed by atoms with van der Waals surface area (Å²) in [4.78, 5) is 3.58.